The molecule has 0 aliphatic heterocycles. The van der Waals surface area contributed by atoms with Crippen LogP contribution in [0.3, 0.4) is 0 Å². The summed E-state index contributed by atoms with van der Waals surface area (Å²) in [5.41, 5.74) is 2.94. The maximum atomic E-state index is 12.5. The Balaban J connectivity index is 1.76. The van der Waals surface area contributed by atoms with Gasteiger partial charge >= 0.3 is 0 Å². The highest BCUT2D eigenvalue weighted by molar-refractivity contribution is 6.06. The molecule has 0 saturated carbocycles. The molecule has 0 bridgehead atoms. The summed E-state index contributed by atoms with van der Waals surface area (Å²) in [4.78, 5) is 25.6. The lowest BCUT2D eigenvalue weighted by Crippen LogP contribution is -2.23. The van der Waals surface area contributed by atoms with E-state index in [0.29, 0.717) is 16.9 Å². The molecule has 0 saturated heterocycles. The van der Waals surface area contributed by atoms with Crippen LogP contribution in [0.5, 0.6) is 0 Å². The minimum atomic E-state index is -0.213. The van der Waals surface area contributed by atoms with Gasteiger partial charge in [0.25, 0.3) is 5.91 Å². The van der Waals surface area contributed by atoms with Crippen molar-refractivity contribution in [3.8, 4) is 0 Å². The SMILES string of the molecule is C=CC(=O)N(C)c1ccc(C(=O)Nc2ccc3c(cnn3C(C)C)c2)cc1. The fraction of sp³-hybridized carbons (Fsp3) is 0.190. The molecule has 2 aromatic carbocycles. The Morgan fingerprint density at radius 3 is 2.52 bits per heavy atom. The van der Waals surface area contributed by atoms with Crippen LogP contribution >= 0.6 is 0 Å². The highest BCUT2D eigenvalue weighted by Gasteiger charge is 2.11. The molecule has 0 unspecified atom stereocenters. The zero-order valence-corrected chi connectivity index (χ0v) is 15.6. The average molecular weight is 362 g/mol. The molecule has 6 heteroatoms. The highest BCUT2D eigenvalue weighted by atomic mass is 16.2. The van der Waals surface area contributed by atoms with Crippen LogP contribution in [-0.4, -0.2) is 28.6 Å². The molecular formula is C21H22N4O2. The third-order valence-corrected chi connectivity index (χ3v) is 4.36. The lowest BCUT2D eigenvalue weighted by Gasteiger charge is -2.15. The van der Waals surface area contributed by atoms with E-state index in [1.807, 2.05) is 22.9 Å². The van der Waals surface area contributed by atoms with Crippen LogP contribution < -0.4 is 10.2 Å². The first kappa shape index (κ1) is 18.4. The predicted octanol–water partition coefficient (Wildman–Crippen LogP) is 4.02. The second-order valence-electron chi connectivity index (χ2n) is 6.56. The Kier molecular flexibility index (Phi) is 5.07. The van der Waals surface area contributed by atoms with Crippen molar-refractivity contribution >= 4 is 34.1 Å². The molecule has 0 radical (unpaired) electrons. The van der Waals surface area contributed by atoms with Gasteiger partial charge in [-0.2, -0.15) is 5.10 Å². The summed E-state index contributed by atoms with van der Waals surface area (Å²) in [5, 5.41) is 8.26. The fourth-order valence-corrected chi connectivity index (χ4v) is 2.85. The number of aromatic nitrogens is 2. The van der Waals surface area contributed by atoms with E-state index < -0.39 is 0 Å². The Hall–Kier alpha value is -3.41. The molecular weight excluding hydrogens is 340 g/mol. The molecule has 0 aliphatic carbocycles. The summed E-state index contributed by atoms with van der Waals surface area (Å²) in [5.74, 6) is -0.419. The smallest absolute Gasteiger partial charge is 0.255 e. The van der Waals surface area contributed by atoms with Gasteiger partial charge in [-0.05, 0) is 62.4 Å². The van der Waals surface area contributed by atoms with E-state index in [1.54, 1.807) is 37.5 Å². The van der Waals surface area contributed by atoms with Crippen LogP contribution in [0.25, 0.3) is 10.9 Å². The zero-order valence-electron chi connectivity index (χ0n) is 15.6. The monoisotopic (exact) mass is 362 g/mol. The van der Waals surface area contributed by atoms with E-state index >= 15 is 0 Å². The number of carbonyl (C=O) groups is 2. The lowest BCUT2D eigenvalue weighted by molar-refractivity contribution is -0.113. The highest BCUT2D eigenvalue weighted by Crippen LogP contribution is 2.22. The van der Waals surface area contributed by atoms with Crippen molar-refractivity contribution in [1.29, 1.82) is 0 Å². The fourth-order valence-electron chi connectivity index (χ4n) is 2.85. The van der Waals surface area contributed by atoms with Crippen LogP contribution in [-0.2, 0) is 4.79 Å². The Labute approximate surface area is 158 Å². The van der Waals surface area contributed by atoms with Gasteiger partial charge in [-0.25, -0.2) is 0 Å². The molecule has 1 heterocycles. The molecule has 138 valence electrons. The second-order valence-corrected chi connectivity index (χ2v) is 6.56. The number of hydrogen-bond acceptors (Lipinski definition) is 3. The van der Waals surface area contributed by atoms with E-state index in [0.717, 1.165) is 10.9 Å². The summed E-state index contributed by atoms with van der Waals surface area (Å²) in [6.45, 7) is 7.62. The van der Waals surface area contributed by atoms with Gasteiger partial charge in [-0.1, -0.05) is 6.58 Å². The van der Waals surface area contributed by atoms with Crippen molar-refractivity contribution in [1.82, 2.24) is 9.78 Å². The molecule has 0 fully saturated rings. The minimum absolute atomic E-state index is 0.206. The van der Waals surface area contributed by atoms with Gasteiger partial charge < -0.3 is 10.2 Å². The molecule has 2 amide bonds. The van der Waals surface area contributed by atoms with Crippen molar-refractivity contribution in [2.75, 3.05) is 17.3 Å². The maximum absolute atomic E-state index is 12.5. The molecule has 0 spiro atoms. The number of hydrogen-bond donors (Lipinski definition) is 1. The van der Waals surface area contributed by atoms with E-state index in [-0.39, 0.29) is 17.9 Å². The van der Waals surface area contributed by atoms with Crippen LogP contribution in [0, 0.1) is 0 Å². The van der Waals surface area contributed by atoms with Crippen molar-refractivity contribution < 1.29 is 9.59 Å². The predicted molar refractivity (Wildman–Crippen MR) is 108 cm³/mol. The molecule has 3 aromatic rings. The van der Waals surface area contributed by atoms with Crippen LogP contribution in [0.15, 0.2) is 61.3 Å². The molecule has 3 rings (SSSR count). The third-order valence-electron chi connectivity index (χ3n) is 4.36. The number of amides is 2. The first-order chi connectivity index (χ1) is 12.9. The number of nitrogens with one attached hydrogen (secondary N) is 1. The van der Waals surface area contributed by atoms with Gasteiger partial charge in [0.05, 0.1) is 11.7 Å². The van der Waals surface area contributed by atoms with Crippen molar-refractivity contribution in [2.24, 2.45) is 0 Å². The van der Waals surface area contributed by atoms with Gasteiger partial charge in [0.1, 0.15) is 0 Å². The van der Waals surface area contributed by atoms with Gasteiger partial charge in [-0.3, -0.25) is 14.3 Å². The Morgan fingerprint density at radius 1 is 1.19 bits per heavy atom. The van der Waals surface area contributed by atoms with Crippen molar-refractivity contribution in [2.45, 2.75) is 19.9 Å². The Bertz CT molecular complexity index is 1000. The topological polar surface area (TPSA) is 67.2 Å². The standard InChI is InChI=1S/C21H22N4O2/c1-5-20(26)24(4)18-9-6-15(7-10-18)21(27)23-17-8-11-19-16(12-17)13-22-25(19)14(2)3/h5-14H,1H2,2-4H3,(H,23,27). The van der Waals surface area contributed by atoms with Gasteiger partial charge in [-0.15, -0.1) is 0 Å². The van der Waals surface area contributed by atoms with Crippen molar-refractivity contribution in [3.63, 3.8) is 0 Å². The van der Waals surface area contributed by atoms with Crippen molar-refractivity contribution in [3.05, 3.63) is 66.9 Å². The molecule has 1 aromatic heterocycles. The summed E-state index contributed by atoms with van der Waals surface area (Å²) in [6, 6.07) is 12.8. The normalized spacial score (nSPS) is 10.8. The van der Waals surface area contributed by atoms with E-state index in [4.69, 9.17) is 0 Å². The largest absolute Gasteiger partial charge is 0.322 e. The zero-order chi connectivity index (χ0) is 19.6. The Morgan fingerprint density at radius 2 is 1.89 bits per heavy atom. The van der Waals surface area contributed by atoms with Crippen LogP contribution in [0.4, 0.5) is 11.4 Å². The quantitative estimate of drug-likeness (QED) is 0.697. The molecule has 6 nitrogen and oxygen atoms in total. The van der Waals surface area contributed by atoms with Gasteiger partial charge in [0.15, 0.2) is 0 Å². The summed E-state index contributed by atoms with van der Waals surface area (Å²) in [7, 11) is 1.66. The number of rotatable bonds is 5. The van der Waals surface area contributed by atoms with Crippen LogP contribution in [0.1, 0.15) is 30.2 Å². The summed E-state index contributed by atoms with van der Waals surface area (Å²) < 4.78 is 1.95. The number of anilines is 2. The van der Waals surface area contributed by atoms with Crippen LogP contribution in [0.2, 0.25) is 0 Å². The van der Waals surface area contributed by atoms with Gasteiger partial charge in [0, 0.05) is 35.4 Å². The number of carbonyl (C=O) groups excluding carboxylic acids is 2. The number of likely N-dealkylation sites (N-methyl/N-ethyl adjacent to an activating group) is 1. The number of fused-ring (bicyclic) bond motifs is 1. The number of benzene rings is 2. The third kappa shape index (κ3) is 3.74. The first-order valence-corrected chi connectivity index (χ1v) is 8.69. The van der Waals surface area contributed by atoms with Gasteiger partial charge in [0.2, 0.25) is 5.91 Å². The van der Waals surface area contributed by atoms with E-state index in [2.05, 4.69) is 30.8 Å². The molecule has 0 atom stereocenters. The first-order valence-electron chi connectivity index (χ1n) is 8.69. The van der Waals surface area contributed by atoms with E-state index in [9.17, 15) is 9.59 Å². The molecule has 0 aliphatic rings. The lowest BCUT2D eigenvalue weighted by atomic mass is 10.1. The minimum Gasteiger partial charge on any atom is -0.322 e. The van der Waals surface area contributed by atoms with E-state index in [1.165, 1.54) is 11.0 Å². The maximum Gasteiger partial charge on any atom is 0.255 e. The average Bonchev–Trinajstić information content (AvgIpc) is 3.10. The summed E-state index contributed by atoms with van der Waals surface area (Å²) >= 11 is 0. The second kappa shape index (κ2) is 7.45. The number of nitrogens with zero attached hydrogens (tertiary/aromatic N) is 3. The molecule has 27 heavy (non-hydrogen) atoms. The molecule has 1 N–H and O–H groups in total. The summed E-state index contributed by atoms with van der Waals surface area (Å²) in [6.07, 6.45) is 3.05.